The fourth-order valence-electron chi connectivity index (χ4n) is 2.04. The Kier molecular flexibility index (Phi) is 5.07. The average molecular weight is 412 g/mol. The third-order valence-electron chi connectivity index (χ3n) is 3.20. The highest BCUT2D eigenvalue weighted by molar-refractivity contribution is 7.99. The van der Waals surface area contributed by atoms with Crippen LogP contribution < -0.4 is 0 Å². The monoisotopic (exact) mass is 411 g/mol. The van der Waals surface area contributed by atoms with Crippen LogP contribution in [0.15, 0.2) is 46.5 Å². The van der Waals surface area contributed by atoms with Gasteiger partial charge in [0.2, 0.25) is 5.16 Å². The van der Waals surface area contributed by atoms with Gasteiger partial charge >= 0.3 is 0 Å². The standard InChI is InChI=1S/C14H7Cl2N5O4S/c15-7-1-3-9(10(16)5-7)13-17-14(19-18-13)26-12-4-2-8(20(22)23)6-11(12)21(24)25/h1-6H,(H,17,18,19). The number of nitro benzene ring substituents is 2. The molecule has 3 aromatic rings. The largest absolute Gasteiger partial charge is 0.290 e. The number of nitro groups is 2. The molecule has 1 heterocycles. The van der Waals surface area contributed by atoms with Crippen LogP contribution in [0.25, 0.3) is 11.4 Å². The average Bonchev–Trinajstić information content (AvgIpc) is 3.03. The van der Waals surface area contributed by atoms with Gasteiger partial charge in [-0.3, -0.25) is 25.3 Å². The molecule has 0 radical (unpaired) electrons. The molecule has 12 heteroatoms. The van der Waals surface area contributed by atoms with Crippen LogP contribution in [0.1, 0.15) is 0 Å². The minimum Gasteiger partial charge on any atom is -0.258 e. The first kappa shape index (κ1) is 18.1. The first-order valence-corrected chi connectivity index (χ1v) is 8.41. The smallest absolute Gasteiger partial charge is 0.258 e. The predicted molar refractivity (Wildman–Crippen MR) is 95.7 cm³/mol. The van der Waals surface area contributed by atoms with Crippen LogP contribution in [-0.2, 0) is 0 Å². The highest BCUT2D eigenvalue weighted by Gasteiger charge is 2.21. The van der Waals surface area contributed by atoms with Gasteiger partial charge in [-0.25, -0.2) is 4.98 Å². The van der Waals surface area contributed by atoms with Gasteiger partial charge in [0.05, 0.1) is 25.8 Å². The van der Waals surface area contributed by atoms with Crippen molar-refractivity contribution in [3.8, 4) is 11.4 Å². The van der Waals surface area contributed by atoms with Crippen molar-refractivity contribution in [2.75, 3.05) is 0 Å². The maximum Gasteiger partial charge on any atom is 0.290 e. The number of nitrogens with zero attached hydrogens (tertiary/aromatic N) is 4. The Bertz CT molecular complexity index is 1030. The molecule has 0 saturated carbocycles. The molecule has 0 fully saturated rings. The number of hydrogen-bond donors (Lipinski definition) is 1. The molecular weight excluding hydrogens is 405 g/mol. The number of aromatic amines is 1. The fourth-order valence-corrected chi connectivity index (χ4v) is 3.34. The predicted octanol–water partition coefficient (Wildman–Crippen LogP) is 4.75. The van der Waals surface area contributed by atoms with Crippen molar-refractivity contribution < 1.29 is 9.85 Å². The van der Waals surface area contributed by atoms with Gasteiger partial charge in [-0.1, -0.05) is 23.2 Å². The van der Waals surface area contributed by atoms with Gasteiger partial charge in [0.1, 0.15) is 0 Å². The summed E-state index contributed by atoms with van der Waals surface area (Å²) in [5.41, 5.74) is -0.210. The van der Waals surface area contributed by atoms with Gasteiger partial charge in [-0.05, 0) is 36.0 Å². The topological polar surface area (TPSA) is 128 Å². The third kappa shape index (κ3) is 3.77. The number of non-ortho nitro benzene ring substituents is 1. The van der Waals surface area contributed by atoms with Gasteiger partial charge in [-0.15, -0.1) is 5.10 Å². The number of aromatic nitrogens is 3. The molecule has 9 nitrogen and oxygen atoms in total. The van der Waals surface area contributed by atoms with Crippen molar-refractivity contribution in [3.05, 3.63) is 66.7 Å². The van der Waals surface area contributed by atoms with E-state index in [1.165, 1.54) is 12.1 Å². The summed E-state index contributed by atoms with van der Waals surface area (Å²) in [4.78, 5) is 25.0. The number of rotatable bonds is 5. The maximum absolute atomic E-state index is 11.2. The molecule has 0 atom stereocenters. The molecule has 0 saturated heterocycles. The first-order chi connectivity index (χ1) is 12.3. The van der Waals surface area contributed by atoms with Crippen molar-refractivity contribution in [1.82, 2.24) is 15.2 Å². The SMILES string of the molecule is O=[N+]([O-])c1ccc(Sc2n[nH]c(-c3ccc(Cl)cc3Cl)n2)c([N+](=O)[O-])c1. The van der Waals surface area contributed by atoms with Crippen LogP contribution >= 0.6 is 35.0 Å². The molecule has 0 aliphatic heterocycles. The van der Waals surface area contributed by atoms with Crippen LogP contribution in [-0.4, -0.2) is 25.0 Å². The van der Waals surface area contributed by atoms with E-state index in [1.807, 2.05) is 0 Å². The second-order valence-corrected chi connectivity index (χ2v) is 6.71. The molecule has 0 aliphatic rings. The van der Waals surface area contributed by atoms with Crippen LogP contribution in [0, 0.1) is 20.2 Å². The first-order valence-electron chi connectivity index (χ1n) is 6.83. The van der Waals surface area contributed by atoms with E-state index in [2.05, 4.69) is 15.2 Å². The van der Waals surface area contributed by atoms with E-state index in [1.54, 1.807) is 18.2 Å². The van der Waals surface area contributed by atoms with Crippen LogP contribution in [0.4, 0.5) is 11.4 Å². The summed E-state index contributed by atoms with van der Waals surface area (Å²) in [6, 6.07) is 8.21. The number of nitrogens with one attached hydrogen (secondary N) is 1. The van der Waals surface area contributed by atoms with E-state index in [0.717, 1.165) is 17.8 Å². The molecule has 0 aliphatic carbocycles. The molecule has 3 rings (SSSR count). The minimum atomic E-state index is -0.700. The summed E-state index contributed by atoms with van der Waals surface area (Å²) in [7, 11) is 0. The van der Waals surface area contributed by atoms with Crippen molar-refractivity contribution in [2.24, 2.45) is 0 Å². The van der Waals surface area contributed by atoms with E-state index in [4.69, 9.17) is 23.2 Å². The normalized spacial score (nSPS) is 10.7. The van der Waals surface area contributed by atoms with Crippen molar-refractivity contribution in [3.63, 3.8) is 0 Å². The fraction of sp³-hybridized carbons (Fsp3) is 0. The van der Waals surface area contributed by atoms with Crippen LogP contribution in [0.3, 0.4) is 0 Å². The summed E-state index contributed by atoms with van der Waals surface area (Å²) >= 11 is 12.9. The molecule has 0 spiro atoms. The van der Waals surface area contributed by atoms with E-state index in [0.29, 0.717) is 21.4 Å². The summed E-state index contributed by atoms with van der Waals surface area (Å²) < 4.78 is 0. The zero-order valence-corrected chi connectivity index (χ0v) is 14.9. The third-order valence-corrected chi connectivity index (χ3v) is 4.68. The molecule has 0 amide bonds. The van der Waals surface area contributed by atoms with E-state index in [9.17, 15) is 20.2 Å². The highest BCUT2D eigenvalue weighted by atomic mass is 35.5. The lowest BCUT2D eigenvalue weighted by Crippen LogP contribution is -1.94. The second-order valence-electron chi connectivity index (χ2n) is 4.86. The van der Waals surface area contributed by atoms with Gasteiger partial charge in [0.25, 0.3) is 11.4 Å². The zero-order chi connectivity index (χ0) is 18.8. The van der Waals surface area contributed by atoms with E-state index in [-0.39, 0.29) is 15.7 Å². The molecular formula is C14H7Cl2N5O4S. The molecule has 1 N–H and O–H groups in total. The Hall–Kier alpha value is -2.69. The lowest BCUT2D eigenvalue weighted by atomic mass is 10.2. The second kappa shape index (κ2) is 7.28. The number of hydrogen-bond acceptors (Lipinski definition) is 7. The number of benzene rings is 2. The van der Waals surface area contributed by atoms with Crippen molar-refractivity contribution >= 4 is 46.3 Å². The summed E-state index contributed by atoms with van der Waals surface area (Å²) in [5, 5.41) is 29.7. The Morgan fingerprint density at radius 2 is 1.81 bits per heavy atom. The summed E-state index contributed by atoms with van der Waals surface area (Å²) in [6.45, 7) is 0. The lowest BCUT2D eigenvalue weighted by Gasteiger charge is -2.00. The Labute approximate surface area is 159 Å². The highest BCUT2D eigenvalue weighted by Crippen LogP contribution is 2.36. The molecule has 1 aromatic heterocycles. The van der Waals surface area contributed by atoms with E-state index < -0.39 is 15.5 Å². The maximum atomic E-state index is 11.2. The van der Waals surface area contributed by atoms with Gasteiger partial charge in [0.15, 0.2) is 5.82 Å². The lowest BCUT2D eigenvalue weighted by molar-refractivity contribution is -0.396. The Morgan fingerprint density at radius 1 is 1.04 bits per heavy atom. The quantitative estimate of drug-likeness (QED) is 0.473. The number of halogens is 2. The van der Waals surface area contributed by atoms with Gasteiger partial charge < -0.3 is 0 Å². The zero-order valence-electron chi connectivity index (χ0n) is 12.6. The van der Waals surface area contributed by atoms with Crippen molar-refractivity contribution in [1.29, 1.82) is 0 Å². The summed E-state index contributed by atoms with van der Waals surface area (Å²) in [6.07, 6.45) is 0. The minimum absolute atomic E-state index is 0.174. The van der Waals surface area contributed by atoms with Gasteiger partial charge in [-0.2, -0.15) is 0 Å². The van der Waals surface area contributed by atoms with Crippen LogP contribution in [0.2, 0.25) is 10.0 Å². The van der Waals surface area contributed by atoms with Crippen LogP contribution in [0.5, 0.6) is 0 Å². The number of H-pyrrole nitrogens is 1. The molecule has 132 valence electrons. The molecule has 0 unspecified atom stereocenters. The van der Waals surface area contributed by atoms with Crippen molar-refractivity contribution in [2.45, 2.75) is 10.1 Å². The van der Waals surface area contributed by atoms with E-state index >= 15 is 0 Å². The molecule has 26 heavy (non-hydrogen) atoms. The Morgan fingerprint density at radius 3 is 2.46 bits per heavy atom. The molecule has 2 aromatic carbocycles. The Balaban J connectivity index is 1.92. The summed E-state index contributed by atoms with van der Waals surface area (Å²) in [5.74, 6) is 0.360. The van der Waals surface area contributed by atoms with Gasteiger partial charge in [0, 0.05) is 16.7 Å². The molecule has 0 bridgehead atoms.